The average molecular weight is 285 g/mol. The van der Waals surface area contributed by atoms with Gasteiger partial charge in [0.15, 0.2) is 4.34 Å². The molecule has 0 spiro atoms. The Labute approximate surface area is 116 Å². The number of carbonyl (C=O) groups is 1. The van der Waals surface area contributed by atoms with E-state index in [0.29, 0.717) is 6.04 Å². The maximum atomic E-state index is 12.3. The number of rotatable bonds is 4. The van der Waals surface area contributed by atoms with E-state index in [1.165, 1.54) is 42.4 Å². The Bertz CT molecular complexity index is 377. The van der Waals surface area contributed by atoms with Crippen LogP contribution in [0, 0.1) is 0 Å². The topological polar surface area (TPSA) is 46.1 Å². The first kappa shape index (κ1) is 13.8. The Morgan fingerprint density at radius 3 is 2.83 bits per heavy atom. The SMILES string of the molecule is C[C@@H](Sc1nncs1)C(=O)N(C)C1CCCCC1. The molecule has 1 aromatic rings. The van der Waals surface area contributed by atoms with Gasteiger partial charge in [0, 0.05) is 13.1 Å². The molecule has 4 nitrogen and oxygen atoms in total. The largest absolute Gasteiger partial charge is 0.342 e. The predicted octanol–water partition coefficient (Wildman–Crippen LogP) is 2.81. The van der Waals surface area contributed by atoms with Crippen molar-refractivity contribution in [1.29, 1.82) is 0 Å². The van der Waals surface area contributed by atoms with E-state index >= 15 is 0 Å². The van der Waals surface area contributed by atoms with Crippen molar-refractivity contribution in [1.82, 2.24) is 15.1 Å². The summed E-state index contributed by atoms with van der Waals surface area (Å²) in [6.07, 6.45) is 6.12. The van der Waals surface area contributed by atoms with Crippen LogP contribution >= 0.6 is 23.1 Å². The fourth-order valence-corrected chi connectivity index (χ4v) is 4.08. The Morgan fingerprint density at radius 2 is 2.22 bits per heavy atom. The van der Waals surface area contributed by atoms with Gasteiger partial charge in [-0.2, -0.15) is 0 Å². The van der Waals surface area contributed by atoms with E-state index < -0.39 is 0 Å². The van der Waals surface area contributed by atoms with Crippen LogP contribution < -0.4 is 0 Å². The predicted molar refractivity (Wildman–Crippen MR) is 74.9 cm³/mol. The van der Waals surface area contributed by atoms with Crippen LogP contribution in [0.5, 0.6) is 0 Å². The maximum absolute atomic E-state index is 12.3. The summed E-state index contributed by atoms with van der Waals surface area (Å²) in [7, 11) is 1.94. The number of aromatic nitrogens is 2. The third-order valence-corrected chi connectivity index (χ3v) is 5.33. The molecule has 0 radical (unpaired) electrons. The molecule has 1 saturated carbocycles. The number of nitrogens with zero attached hydrogens (tertiary/aromatic N) is 3. The Balaban J connectivity index is 1.88. The summed E-state index contributed by atoms with van der Waals surface area (Å²) in [5, 5.41) is 7.68. The fraction of sp³-hybridized carbons (Fsp3) is 0.750. The molecule has 0 aliphatic heterocycles. The van der Waals surface area contributed by atoms with Gasteiger partial charge in [0.2, 0.25) is 5.91 Å². The number of thioether (sulfide) groups is 1. The van der Waals surface area contributed by atoms with Gasteiger partial charge >= 0.3 is 0 Å². The second-order valence-electron chi connectivity index (χ2n) is 4.71. The lowest BCUT2D eigenvalue weighted by molar-refractivity contribution is -0.131. The smallest absolute Gasteiger partial charge is 0.235 e. The minimum atomic E-state index is -0.0788. The zero-order valence-electron chi connectivity index (χ0n) is 10.8. The van der Waals surface area contributed by atoms with Gasteiger partial charge in [-0.15, -0.1) is 10.2 Å². The summed E-state index contributed by atoms with van der Waals surface area (Å²) < 4.78 is 0.868. The quantitative estimate of drug-likeness (QED) is 0.798. The zero-order chi connectivity index (χ0) is 13.0. The monoisotopic (exact) mass is 285 g/mol. The standard InChI is InChI=1S/C12H19N3OS2/c1-9(18-12-14-13-8-17-12)11(16)15(2)10-6-4-3-5-7-10/h8-10H,3-7H2,1-2H3/t9-/m1/s1. The van der Waals surface area contributed by atoms with E-state index in [-0.39, 0.29) is 11.2 Å². The highest BCUT2D eigenvalue weighted by molar-refractivity contribution is 8.02. The first-order valence-corrected chi connectivity index (χ1v) is 8.14. The molecule has 1 amide bonds. The summed E-state index contributed by atoms with van der Waals surface area (Å²) in [4.78, 5) is 14.3. The normalized spacial score (nSPS) is 18.6. The van der Waals surface area contributed by atoms with Crippen LogP contribution in [0.1, 0.15) is 39.0 Å². The van der Waals surface area contributed by atoms with Crippen LogP contribution in [0.25, 0.3) is 0 Å². The molecule has 6 heteroatoms. The highest BCUT2D eigenvalue weighted by atomic mass is 32.2. The molecule has 1 aromatic heterocycles. The summed E-state index contributed by atoms with van der Waals surface area (Å²) in [6, 6.07) is 0.434. The molecule has 1 atom stereocenters. The fourth-order valence-electron chi connectivity index (χ4n) is 2.35. The maximum Gasteiger partial charge on any atom is 0.235 e. The first-order chi connectivity index (χ1) is 8.68. The summed E-state index contributed by atoms with van der Waals surface area (Å²) in [5.41, 5.74) is 1.70. The number of carbonyl (C=O) groups excluding carboxylic acids is 1. The third kappa shape index (κ3) is 3.45. The van der Waals surface area contributed by atoms with Gasteiger partial charge in [0.1, 0.15) is 5.51 Å². The van der Waals surface area contributed by atoms with E-state index in [0.717, 1.165) is 17.2 Å². The molecule has 18 heavy (non-hydrogen) atoms. The molecule has 0 N–H and O–H groups in total. The van der Waals surface area contributed by atoms with E-state index in [4.69, 9.17) is 0 Å². The van der Waals surface area contributed by atoms with Gasteiger partial charge in [-0.05, 0) is 19.8 Å². The molecule has 0 unspecified atom stereocenters. The molecule has 1 aliphatic rings. The minimum Gasteiger partial charge on any atom is -0.342 e. The number of hydrogen-bond acceptors (Lipinski definition) is 5. The van der Waals surface area contributed by atoms with Crippen LogP contribution in [-0.2, 0) is 4.79 Å². The van der Waals surface area contributed by atoms with Crippen LogP contribution in [-0.4, -0.2) is 39.3 Å². The molecule has 0 aromatic carbocycles. The molecule has 0 bridgehead atoms. The molecule has 100 valence electrons. The lowest BCUT2D eigenvalue weighted by atomic mass is 9.94. The van der Waals surface area contributed by atoms with Crippen molar-refractivity contribution in [2.45, 2.75) is 54.7 Å². The summed E-state index contributed by atoms with van der Waals surface area (Å²) in [5.74, 6) is 0.210. The van der Waals surface area contributed by atoms with Gasteiger partial charge in [-0.25, -0.2) is 0 Å². The van der Waals surface area contributed by atoms with Crippen molar-refractivity contribution < 1.29 is 4.79 Å². The second-order valence-corrected chi connectivity index (χ2v) is 7.13. The summed E-state index contributed by atoms with van der Waals surface area (Å²) in [6.45, 7) is 1.95. The van der Waals surface area contributed by atoms with Crippen molar-refractivity contribution >= 4 is 29.0 Å². The van der Waals surface area contributed by atoms with Crippen molar-refractivity contribution in [3.05, 3.63) is 5.51 Å². The van der Waals surface area contributed by atoms with Gasteiger partial charge in [-0.3, -0.25) is 4.79 Å². The van der Waals surface area contributed by atoms with Crippen LogP contribution in [0.3, 0.4) is 0 Å². The zero-order valence-corrected chi connectivity index (χ0v) is 12.5. The van der Waals surface area contributed by atoms with Crippen LogP contribution in [0.15, 0.2) is 9.85 Å². The summed E-state index contributed by atoms with van der Waals surface area (Å²) >= 11 is 2.99. The molecular formula is C12H19N3OS2. The van der Waals surface area contributed by atoms with E-state index in [2.05, 4.69) is 10.2 Å². The molecular weight excluding hydrogens is 266 g/mol. The van der Waals surface area contributed by atoms with Crippen molar-refractivity contribution in [3.63, 3.8) is 0 Å². The molecule has 0 saturated heterocycles. The Kier molecular flexibility index (Phi) is 5.00. The van der Waals surface area contributed by atoms with Gasteiger partial charge < -0.3 is 4.90 Å². The Hall–Kier alpha value is -0.620. The molecule has 1 heterocycles. The first-order valence-electron chi connectivity index (χ1n) is 6.38. The number of hydrogen-bond donors (Lipinski definition) is 0. The van der Waals surface area contributed by atoms with Crippen molar-refractivity contribution in [2.75, 3.05) is 7.05 Å². The lowest BCUT2D eigenvalue weighted by Crippen LogP contribution is -2.42. The molecule has 1 fully saturated rings. The van der Waals surface area contributed by atoms with Crippen LogP contribution in [0.4, 0.5) is 0 Å². The average Bonchev–Trinajstić information content (AvgIpc) is 2.91. The Morgan fingerprint density at radius 1 is 1.50 bits per heavy atom. The van der Waals surface area contributed by atoms with Crippen molar-refractivity contribution in [3.8, 4) is 0 Å². The molecule has 1 aliphatic carbocycles. The van der Waals surface area contributed by atoms with E-state index in [1.807, 2.05) is 18.9 Å². The number of amides is 1. The van der Waals surface area contributed by atoms with E-state index in [9.17, 15) is 4.79 Å². The highest BCUT2D eigenvalue weighted by Crippen LogP contribution is 2.27. The van der Waals surface area contributed by atoms with Crippen molar-refractivity contribution in [2.24, 2.45) is 0 Å². The van der Waals surface area contributed by atoms with Gasteiger partial charge in [0.25, 0.3) is 0 Å². The van der Waals surface area contributed by atoms with E-state index in [1.54, 1.807) is 5.51 Å². The minimum absolute atomic E-state index is 0.0788. The second kappa shape index (κ2) is 6.52. The highest BCUT2D eigenvalue weighted by Gasteiger charge is 2.26. The third-order valence-electron chi connectivity index (χ3n) is 3.44. The van der Waals surface area contributed by atoms with Gasteiger partial charge in [-0.1, -0.05) is 42.4 Å². The molecule has 2 rings (SSSR count). The van der Waals surface area contributed by atoms with Crippen LogP contribution in [0.2, 0.25) is 0 Å². The lowest BCUT2D eigenvalue weighted by Gasteiger charge is -2.32. The van der Waals surface area contributed by atoms with Gasteiger partial charge in [0.05, 0.1) is 5.25 Å².